The highest BCUT2D eigenvalue weighted by Crippen LogP contribution is 2.31. The van der Waals surface area contributed by atoms with Crippen molar-refractivity contribution < 1.29 is 0 Å². The predicted molar refractivity (Wildman–Crippen MR) is 78.3 cm³/mol. The molecule has 3 heterocycles. The van der Waals surface area contributed by atoms with Crippen molar-refractivity contribution in [2.45, 2.75) is 18.9 Å². The van der Waals surface area contributed by atoms with Gasteiger partial charge in [-0.1, -0.05) is 12.1 Å². The summed E-state index contributed by atoms with van der Waals surface area (Å²) in [7, 11) is 0. The summed E-state index contributed by atoms with van der Waals surface area (Å²) in [4.78, 5) is 6.86. The Bertz CT molecular complexity index is 590. The Morgan fingerprint density at radius 2 is 2.11 bits per heavy atom. The topological polar surface area (TPSA) is 28.2 Å². The summed E-state index contributed by atoms with van der Waals surface area (Å²) >= 11 is 0. The Kier molecular flexibility index (Phi) is 2.66. The lowest BCUT2D eigenvalue weighted by Gasteiger charge is -2.32. The van der Waals surface area contributed by atoms with Crippen LogP contribution in [0.5, 0.6) is 0 Å². The van der Waals surface area contributed by atoms with Crippen molar-refractivity contribution in [3.8, 4) is 0 Å². The van der Waals surface area contributed by atoms with Crippen LogP contribution in [0.25, 0.3) is 10.8 Å². The summed E-state index contributed by atoms with van der Waals surface area (Å²) in [5, 5.41) is 6.29. The molecule has 2 aliphatic rings. The number of rotatable bonds is 2. The fourth-order valence-electron chi connectivity index (χ4n) is 3.58. The molecule has 3 nitrogen and oxygen atoms in total. The second kappa shape index (κ2) is 4.49. The van der Waals surface area contributed by atoms with Gasteiger partial charge >= 0.3 is 0 Å². The van der Waals surface area contributed by atoms with E-state index in [0.717, 1.165) is 5.92 Å². The molecule has 2 saturated heterocycles. The van der Waals surface area contributed by atoms with Gasteiger partial charge in [0.2, 0.25) is 0 Å². The molecule has 3 unspecified atom stereocenters. The number of hydrogen-bond donors (Lipinski definition) is 1. The molecule has 19 heavy (non-hydrogen) atoms. The van der Waals surface area contributed by atoms with Gasteiger partial charge in [0.25, 0.3) is 0 Å². The molecule has 0 aliphatic carbocycles. The van der Waals surface area contributed by atoms with Crippen LogP contribution < -0.4 is 5.32 Å². The van der Waals surface area contributed by atoms with E-state index in [1.165, 1.54) is 48.9 Å². The van der Waals surface area contributed by atoms with Crippen LogP contribution in [-0.4, -0.2) is 35.6 Å². The average Bonchev–Trinajstić information content (AvgIpc) is 2.85. The maximum absolute atomic E-state index is 4.27. The zero-order valence-corrected chi connectivity index (χ0v) is 11.0. The second-order valence-corrected chi connectivity index (χ2v) is 5.79. The molecule has 0 amide bonds. The molecule has 0 saturated carbocycles. The maximum atomic E-state index is 4.27. The number of nitrogens with one attached hydrogen (secondary N) is 1. The number of pyridine rings is 1. The minimum absolute atomic E-state index is 0.629. The summed E-state index contributed by atoms with van der Waals surface area (Å²) < 4.78 is 0. The van der Waals surface area contributed by atoms with Crippen molar-refractivity contribution in [2.75, 3.05) is 25.0 Å². The lowest BCUT2D eigenvalue weighted by atomic mass is 9.93. The van der Waals surface area contributed by atoms with Crippen molar-refractivity contribution in [3.63, 3.8) is 0 Å². The van der Waals surface area contributed by atoms with E-state index in [0.29, 0.717) is 6.04 Å². The quantitative estimate of drug-likeness (QED) is 0.892. The van der Waals surface area contributed by atoms with Gasteiger partial charge in [-0.2, -0.15) is 0 Å². The van der Waals surface area contributed by atoms with E-state index in [2.05, 4.69) is 39.5 Å². The summed E-state index contributed by atoms with van der Waals surface area (Å²) in [6.45, 7) is 3.82. The largest absolute Gasteiger partial charge is 0.381 e. The Labute approximate surface area is 113 Å². The number of anilines is 1. The summed E-state index contributed by atoms with van der Waals surface area (Å²) in [5.74, 6) is 0.820. The normalized spacial score (nSPS) is 29.6. The number of aromatic nitrogens is 1. The number of nitrogens with zero attached hydrogens (tertiary/aromatic N) is 2. The van der Waals surface area contributed by atoms with E-state index in [9.17, 15) is 0 Å². The second-order valence-electron chi connectivity index (χ2n) is 5.79. The molecule has 0 radical (unpaired) electrons. The molecule has 98 valence electrons. The average molecular weight is 253 g/mol. The molecular formula is C16H19N3. The number of piperidine rings is 1. The SMILES string of the molecule is c1cc(NC2CCN3CCC2C3)c2cnccc2c1. The zero-order valence-electron chi connectivity index (χ0n) is 11.0. The van der Waals surface area contributed by atoms with Crippen LogP contribution in [0.1, 0.15) is 12.8 Å². The Balaban J connectivity index is 1.64. The standard InChI is InChI=1S/C16H19N3/c1-2-12-4-7-17-10-14(12)16(3-1)18-15-6-9-19-8-5-13(15)11-19/h1-4,7,10,13,15,18H,5-6,8-9,11H2. The van der Waals surface area contributed by atoms with E-state index in [1.807, 2.05) is 12.4 Å². The summed E-state index contributed by atoms with van der Waals surface area (Å²) in [5.41, 5.74) is 1.25. The molecular weight excluding hydrogens is 234 g/mol. The molecule has 3 atom stereocenters. The predicted octanol–water partition coefficient (Wildman–Crippen LogP) is 2.74. The monoisotopic (exact) mass is 253 g/mol. The summed E-state index contributed by atoms with van der Waals surface area (Å²) in [6, 6.07) is 9.18. The van der Waals surface area contributed by atoms with E-state index in [1.54, 1.807) is 0 Å². The minimum atomic E-state index is 0.629. The Morgan fingerprint density at radius 3 is 3.11 bits per heavy atom. The first kappa shape index (κ1) is 11.2. The van der Waals surface area contributed by atoms with Gasteiger partial charge in [0, 0.05) is 42.6 Å². The Morgan fingerprint density at radius 1 is 1.16 bits per heavy atom. The third-order valence-electron chi connectivity index (χ3n) is 4.66. The van der Waals surface area contributed by atoms with Gasteiger partial charge in [-0.15, -0.1) is 0 Å². The molecule has 1 aromatic heterocycles. The fraction of sp³-hybridized carbons (Fsp3) is 0.438. The van der Waals surface area contributed by atoms with Crippen molar-refractivity contribution in [1.82, 2.24) is 9.88 Å². The first-order valence-electron chi connectivity index (χ1n) is 7.22. The lowest BCUT2D eigenvalue weighted by molar-refractivity contribution is 0.255. The fourth-order valence-corrected chi connectivity index (χ4v) is 3.58. The third kappa shape index (κ3) is 1.98. The van der Waals surface area contributed by atoms with Gasteiger partial charge in [-0.05, 0) is 42.8 Å². The van der Waals surface area contributed by atoms with Crippen LogP contribution in [0.3, 0.4) is 0 Å². The highest BCUT2D eigenvalue weighted by atomic mass is 15.2. The molecule has 3 heteroatoms. The number of hydrogen-bond acceptors (Lipinski definition) is 3. The van der Waals surface area contributed by atoms with Crippen LogP contribution in [0.15, 0.2) is 36.7 Å². The van der Waals surface area contributed by atoms with Gasteiger partial charge in [-0.25, -0.2) is 0 Å². The highest BCUT2D eigenvalue weighted by Gasteiger charge is 2.34. The number of fused-ring (bicyclic) bond motifs is 3. The first-order valence-corrected chi connectivity index (χ1v) is 7.22. The van der Waals surface area contributed by atoms with E-state index in [4.69, 9.17) is 0 Å². The van der Waals surface area contributed by atoms with Gasteiger partial charge in [0.1, 0.15) is 0 Å². The molecule has 2 aliphatic heterocycles. The smallest absolute Gasteiger partial charge is 0.0437 e. The van der Waals surface area contributed by atoms with Crippen molar-refractivity contribution in [1.29, 1.82) is 0 Å². The van der Waals surface area contributed by atoms with Gasteiger partial charge < -0.3 is 10.2 Å². The van der Waals surface area contributed by atoms with E-state index < -0.39 is 0 Å². The van der Waals surface area contributed by atoms with Crippen LogP contribution in [0.4, 0.5) is 5.69 Å². The van der Waals surface area contributed by atoms with Crippen molar-refractivity contribution in [3.05, 3.63) is 36.7 Å². The molecule has 2 bridgehead atoms. The van der Waals surface area contributed by atoms with Crippen LogP contribution in [0, 0.1) is 5.92 Å². The lowest BCUT2D eigenvalue weighted by Crippen LogP contribution is -2.39. The molecule has 2 aromatic rings. The van der Waals surface area contributed by atoms with E-state index >= 15 is 0 Å². The zero-order chi connectivity index (χ0) is 12.7. The van der Waals surface area contributed by atoms with Gasteiger partial charge in [-0.3, -0.25) is 4.98 Å². The first-order chi connectivity index (χ1) is 9.40. The minimum Gasteiger partial charge on any atom is -0.381 e. The summed E-state index contributed by atoms with van der Waals surface area (Å²) in [6.07, 6.45) is 6.45. The maximum Gasteiger partial charge on any atom is 0.0437 e. The Hall–Kier alpha value is -1.61. The van der Waals surface area contributed by atoms with Gasteiger partial charge in [0.05, 0.1) is 0 Å². The highest BCUT2D eigenvalue weighted by molar-refractivity contribution is 5.93. The van der Waals surface area contributed by atoms with Crippen molar-refractivity contribution >= 4 is 16.5 Å². The van der Waals surface area contributed by atoms with E-state index in [-0.39, 0.29) is 0 Å². The number of benzene rings is 1. The third-order valence-corrected chi connectivity index (χ3v) is 4.66. The molecule has 1 N–H and O–H groups in total. The molecule has 1 aromatic carbocycles. The molecule has 0 spiro atoms. The van der Waals surface area contributed by atoms with Crippen LogP contribution >= 0.6 is 0 Å². The molecule has 2 fully saturated rings. The van der Waals surface area contributed by atoms with Crippen LogP contribution in [0.2, 0.25) is 0 Å². The van der Waals surface area contributed by atoms with Gasteiger partial charge in [0.15, 0.2) is 0 Å². The van der Waals surface area contributed by atoms with Crippen LogP contribution in [-0.2, 0) is 0 Å². The van der Waals surface area contributed by atoms with Crippen molar-refractivity contribution in [2.24, 2.45) is 5.92 Å². The molecule has 4 rings (SSSR count).